The lowest BCUT2D eigenvalue weighted by atomic mass is 9.99. The Morgan fingerprint density at radius 1 is 1.32 bits per heavy atom. The van der Waals surface area contributed by atoms with Gasteiger partial charge in [-0.05, 0) is 32.0 Å². The Morgan fingerprint density at radius 2 is 2.11 bits per heavy atom. The summed E-state index contributed by atoms with van der Waals surface area (Å²) in [4.78, 5) is 0. The highest BCUT2D eigenvalue weighted by molar-refractivity contribution is 5.77. The lowest BCUT2D eigenvalue weighted by Crippen LogP contribution is -2.29. The second kappa shape index (κ2) is 6.19. The highest BCUT2D eigenvalue weighted by Crippen LogP contribution is 2.29. The van der Waals surface area contributed by atoms with Crippen LogP contribution in [0.5, 0.6) is 0 Å². The summed E-state index contributed by atoms with van der Waals surface area (Å²) in [7, 11) is 1.67. The van der Waals surface area contributed by atoms with Crippen molar-refractivity contribution in [2.45, 2.75) is 18.9 Å². The molecule has 1 heterocycles. The summed E-state index contributed by atoms with van der Waals surface area (Å²) < 4.78 is 10.7. The van der Waals surface area contributed by atoms with Crippen molar-refractivity contribution in [3.8, 4) is 0 Å². The number of fused-ring (bicyclic) bond motifs is 1. The van der Waals surface area contributed by atoms with Crippen molar-refractivity contribution in [2.75, 3.05) is 26.8 Å². The summed E-state index contributed by atoms with van der Waals surface area (Å²) in [6, 6.07) is 9.69. The molecule has 0 saturated heterocycles. The molecule has 1 atom stereocenters. The maximum absolute atomic E-state index is 10.5. The van der Waals surface area contributed by atoms with Crippen LogP contribution in [0.4, 0.5) is 0 Å². The van der Waals surface area contributed by atoms with Gasteiger partial charge in [0.15, 0.2) is 0 Å². The average molecular weight is 263 g/mol. The molecule has 2 N–H and O–H groups in total. The third-order valence-corrected chi connectivity index (χ3v) is 3.23. The van der Waals surface area contributed by atoms with Gasteiger partial charge in [0.1, 0.15) is 16.9 Å². The number of benzene rings is 1. The van der Waals surface area contributed by atoms with Gasteiger partial charge in [0, 0.05) is 19.0 Å². The minimum atomic E-state index is -0.959. The molecule has 1 unspecified atom stereocenters. The molecule has 4 nitrogen and oxygen atoms in total. The molecule has 19 heavy (non-hydrogen) atoms. The first kappa shape index (κ1) is 14.1. The van der Waals surface area contributed by atoms with E-state index < -0.39 is 5.60 Å². The van der Waals surface area contributed by atoms with Gasteiger partial charge >= 0.3 is 0 Å². The van der Waals surface area contributed by atoms with Gasteiger partial charge in [0.05, 0.1) is 6.61 Å². The predicted molar refractivity (Wildman–Crippen MR) is 75.1 cm³/mol. The number of hydrogen-bond acceptors (Lipinski definition) is 4. The largest absolute Gasteiger partial charge is 0.458 e. The molecule has 0 radical (unpaired) electrons. The first-order valence-electron chi connectivity index (χ1n) is 6.54. The molecule has 0 aliphatic rings. The number of furan rings is 1. The Labute approximate surface area is 113 Å². The number of aliphatic hydroxyl groups is 1. The van der Waals surface area contributed by atoms with E-state index in [0.717, 1.165) is 17.5 Å². The summed E-state index contributed by atoms with van der Waals surface area (Å²) in [5.74, 6) is 0.613. The molecule has 1 aromatic carbocycles. The third-order valence-electron chi connectivity index (χ3n) is 3.23. The van der Waals surface area contributed by atoms with Crippen LogP contribution in [0.2, 0.25) is 0 Å². The third kappa shape index (κ3) is 3.56. The molecule has 0 bridgehead atoms. The SMILES string of the molecule is COCCNCCC(C)(O)c1cc2ccccc2o1. The molecule has 0 aliphatic heterocycles. The number of methoxy groups -OCH3 is 1. The first-order valence-corrected chi connectivity index (χ1v) is 6.54. The molecule has 0 spiro atoms. The summed E-state index contributed by atoms with van der Waals surface area (Å²) in [5, 5.41) is 14.7. The van der Waals surface area contributed by atoms with Crippen molar-refractivity contribution in [3.05, 3.63) is 36.1 Å². The van der Waals surface area contributed by atoms with Crippen LogP contribution in [-0.2, 0) is 10.3 Å². The van der Waals surface area contributed by atoms with Crippen LogP contribution < -0.4 is 5.32 Å². The Hall–Kier alpha value is -1.36. The molecule has 104 valence electrons. The summed E-state index contributed by atoms with van der Waals surface area (Å²) in [6.07, 6.45) is 0.594. The van der Waals surface area contributed by atoms with Crippen LogP contribution in [0.15, 0.2) is 34.7 Å². The highest BCUT2D eigenvalue weighted by atomic mass is 16.5. The fourth-order valence-corrected chi connectivity index (χ4v) is 2.00. The minimum absolute atomic E-state index is 0.594. The Bertz CT molecular complexity index is 486. The minimum Gasteiger partial charge on any atom is -0.458 e. The van der Waals surface area contributed by atoms with E-state index in [1.54, 1.807) is 14.0 Å². The average Bonchev–Trinajstić information content (AvgIpc) is 2.83. The topological polar surface area (TPSA) is 54.6 Å². The number of ether oxygens (including phenoxy) is 1. The van der Waals surface area contributed by atoms with E-state index in [4.69, 9.17) is 9.15 Å². The highest BCUT2D eigenvalue weighted by Gasteiger charge is 2.26. The van der Waals surface area contributed by atoms with E-state index in [-0.39, 0.29) is 0 Å². The van der Waals surface area contributed by atoms with Crippen LogP contribution in [0, 0.1) is 0 Å². The van der Waals surface area contributed by atoms with Crippen molar-refractivity contribution >= 4 is 11.0 Å². The number of nitrogens with one attached hydrogen (secondary N) is 1. The molecule has 4 heteroatoms. The van der Waals surface area contributed by atoms with E-state index in [1.807, 2.05) is 30.3 Å². The second-order valence-electron chi connectivity index (χ2n) is 4.92. The second-order valence-corrected chi connectivity index (χ2v) is 4.92. The van der Waals surface area contributed by atoms with Gasteiger partial charge in [-0.25, -0.2) is 0 Å². The zero-order chi connectivity index (χ0) is 13.7. The predicted octanol–water partition coefficient (Wildman–Crippen LogP) is 2.27. The smallest absolute Gasteiger partial charge is 0.136 e. The quantitative estimate of drug-likeness (QED) is 0.752. The molecular weight excluding hydrogens is 242 g/mol. The van der Waals surface area contributed by atoms with Gasteiger partial charge < -0.3 is 19.6 Å². The Balaban J connectivity index is 1.98. The van der Waals surface area contributed by atoms with Gasteiger partial charge in [-0.15, -0.1) is 0 Å². The Kier molecular flexibility index (Phi) is 4.58. The van der Waals surface area contributed by atoms with E-state index in [1.165, 1.54) is 0 Å². The molecule has 0 aliphatic carbocycles. The van der Waals surface area contributed by atoms with Crippen LogP contribution in [0.1, 0.15) is 19.1 Å². The molecule has 2 aromatic rings. The van der Waals surface area contributed by atoms with Crippen LogP contribution >= 0.6 is 0 Å². The van der Waals surface area contributed by atoms with E-state index in [9.17, 15) is 5.11 Å². The fourth-order valence-electron chi connectivity index (χ4n) is 2.00. The lowest BCUT2D eigenvalue weighted by Gasteiger charge is -2.20. The zero-order valence-corrected chi connectivity index (χ0v) is 11.5. The van der Waals surface area contributed by atoms with Crippen molar-refractivity contribution in [3.63, 3.8) is 0 Å². The molecule has 0 saturated carbocycles. The van der Waals surface area contributed by atoms with Gasteiger partial charge in [0.25, 0.3) is 0 Å². The van der Waals surface area contributed by atoms with Crippen molar-refractivity contribution < 1.29 is 14.3 Å². The summed E-state index contributed by atoms with van der Waals surface area (Å²) in [6.45, 7) is 3.95. The van der Waals surface area contributed by atoms with E-state index in [0.29, 0.717) is 25.3 Å². The number of rotatable bonds is 7. The van der Waals surface area contributed by atoms with Gasteiger partial charge in [0.2, 0.25) is 0 Å². The molecule has 0 fully saturated rings. The summed E-state index contributed by atoms with van der Waals surface area (Å²) in [5.41, 5.74) is -0.149. The van der Waals surface area contributed by atoms with Crippen LogP contribution in [0.25, 0.3) is 11.0 Å². The van der Waals surface area contributed by atoms with E-state index in [2.05, 4.69) is 5.32 Å². The summed E-state index contributed by atoms with van der Waals surface area (Å²) >= 11 is 0. The lowest BCUT2D eigenvalue weighted by molar-refractivity contribution is 0.0268. The fraction of sp³-hybridized carbons (Fsp3) is 0.467. The van der Waals surface area contributed by atoms with Crippen molar-refractivity contribution in [2.24, 2.45) is 0 Å². The van der Waals surface area contributed by atoms with Gasteiger partial charge in [-0.2, -0.15) is 0 Å². The molecule has 0 amide bonds. The first-order chi connectivity index (χ1) is 9.13. The zero-order valence-electron chi connectivity index (χ0n) is 11.5. The number of para-hydroxylation sites is 1. The van der Waals surface area contributed by atoms with Crippen LogP contribution in [-0.4, -0.2) is 31.9 Å². The Morgan fingerprint density at radius 3 is 2.84 bits per heavy atom. The normalized spacial score (nSPS) is 14.7. The standard InChI is InChI=1S/C15H21NO3/c1-15(17,7-8-16-9-10-18-2)14-11-12-5-3-4-6-13(12)19-14/h3-6,11,16-17H,7-10H2,1-2H3. The molecular formula is C15H21NO3. The molecule has 1 aromatic heterocycles. The molecule has 2 rings (SSSR count). The van der Waals surface area contributed by atoms with E-state index >= 15 is 0 Å². The number of hydrogen-bond donors (Lipinski definition) is 2. The van der Waals surface area contributed by atoms with Crippen LogP contribution in [0.3, 0.4) is 0 Å². The maximum atomic E-state index is 10.5. The maximum Gasteiger partial charge on any atom is 0.136 e. The van der Waals surface area contributed by atoms with Crippen molar-refractivity contribution in [1.82, 2.24) is 5.32 Å². The van der Waals surface area contributed by atoms with Crippen molar-refractivity contribution in [1.29, 1.82) is 0 Å². The van der Waals surface area contributed by atoms with Gasteiger partial charge in [-0.1, -0.05) is 18.2 Å². The monoisotopic (exact) mass is 263 g/mol. The van der Waals surface area contributed by atoms with Gasteiger partial charge in [-0.3, -0.25) is 0 Å².